The van der Waals surface area contributed by atoms with Gasteiger partial charge in [-0.3, -0.25) is 4.79 Å². The summed E-state index contributed by atoms with van der Waals surface area (Å²) in [6.45, 7) is 1.14. The number of rotatable bonds is 10. The lowest BCUT2D eigenvalue weighted by molar-refractivity contribution is -0.274. The van der Waals surface area contributed by atoms with Crippen LogP contribution in [0.4, 0.5) is 22.0 Å². The van der Waals surface area contributed by atoms with Crippen LogP contribution in [0.2, 0.25) is 0 Å². The van der Waals surface area contributed by atoms with E-state index in [9.17, 15) is 26.7 Å². The zero-order valence-electron chi connectivity index (χ0n) is 12.1. The topological polar surface area (TPSA) is 40.5 Å². The molecule has 0 saturated heterocycles. The Balaban J connectivity index is 4.62. The maximum Gasteiger partial charge on any atom is 0.463 e. The molecular formula is C13H22F5NO2. The molecule has 0 aromatic heterocycles. The fourth-order valence-electron chi connectivity index (χ4n) is 1.80. The standard InChI is InChI=1S/C13H22F5NO2/c1-2-3-4-5-6-8-19(9-7-10-20)11(21)12(14,15)13(16,17)18/h20H,2-10H2,1H3. The van der Waals surface area contributed by atoms with Gasteiger partial charge in [0.05, 0.1) is 0 Å². The predicted molar refractivity (Wildman–Crippen MR) is 68.0 cm³/mol. The number of hydrogen-bond donors (Lipinski definition) is 1. The molecule has 1 N–H and O–H groups in total. The largest absolute Gasteiger partial charge is 0.463 e. The van der Waals surface area contributed by atoms with Crippen LogP contribution in [-0.2, 0) is 4.79 Å². The summed E-state index contributed by atoms with van der Waals surface area (Å²) in [6.07, 6.45) is -2.14. The van der Waals surface area contributed by atoms with Gasteiger partial charge in [-0.1, -0.05) is 32.6 Å². The Morgan fingerprint density at radius 1 is 0.952 bits per heavy atom. The third-order valence-electron chi connectivity index (χ3n) is 3.03. The van der Waals surface area contributed by atoms with Crippen molar-refractivity contribution in [2.45, 2.75) is 57.5 Å². The molecule has 0 heterocycles. The molecular weight excluding hydrogens is 297 g/mol. The van der Waals surface area contributed by atoms with Crippen LogP contribution in [-0.4, -0.2) is 47.7 Å². The van der Waals surface area contributed by atoms with Crippen LogP contribution in [0.15, 0.2) is 0 Å². The molecule has 0 unspecified atom stereocenters. The Hall–Kier alpha value is -0.920. The van der Waals surface area contributed by atoms with E-state index in [1.165, 1.54) is 0 Å². The quantitative estimate of drug-likeness (QED) is 0.495. The normalized spacial score (nSPS) is 12.5. The first-order valence-electron chi connectivity index (χ1n) is 7.03. The minimum atomic E-state index is -5.90. The molecule has 21 heavy (non-hydrogen) atoms. The molecule has 0 aliphatic rings. The van der Waals surface area contributed by atoms with E-state index < -0.39 is 18.0 Å². The van der Waals surface area contributed by atoms with E-state index in [2.05, 4.69) is 0 Å². The average Bonchev–Trinajstić information content (AvgIpc) is 2.39. The monoisotopic (exact) mass is 319 g/mol. The van der Waals surface area contributed by atoms with Crippen molar-refractivity contribution in [3.63, 3.8) is 0 Å². The summed E-state index contributed by atoms with van der Waals surface area (Å²) < 4.78 is 62.7. The zero-order chi connectivity index (χ0) is 16.5. The van der Waals surface area contributed by atoms with Crippen molar-refractivity contribution in [2.75, 3.05) is 19.7 Å². The van der Waals surface area contributed by atoms with Gasteiger partial charge in [0.15, 0.2) is 0 Å². The number of halogens is 5. The second-order valence-electron chi connectivity index (χ2n) is 4.86. The van der Waals surface area contributed by atoms with Crippen molar-refractivity contribution < 1.29 is 31.9 Å². The first kappa shape index (κ1) is 20.1. The van der Waals surface area contributed by atoms with E-state index in [0.29, 0.717) is 17.7 Å². The van der Waals surface area contributed by atoms with E-state index in [-0.39, 0.29) is 26.1 Å². The average molecular weight is 319 g/mol. The number of amides is 1. The number of hydrogen-bond acceptors (Lipinski definition) is 2. The van der Waals surface area contributed by atoms with Gasteiger partial charge in [0.2, 0.25) is 0 Å². The zero-order valence-corrected chi connectivity index (χ0v) is 12.1. The van der Waals surface area contributed by atoms with Crippen molar-refractivity contribution in [1.82, 2.24) is 4.90 Å². The Bertz CT molecular complexity index is 307. The van der Waals surface area contributed by atoms with Crippen molar-refractivity contribution in [3.8, 4) is 0 Å². The molecule has 0 saturated carbocycles. The van der Waals surface area contributed by atoms with Gasteiger partial charge in [-0.2, -0.15) is 22.0 Å². The van der Waals surface area contributed by atoms with Gasteiger partial charge in [-0.15, -0.1) is 0 Å². The molecule has 0 radical (unpaired) electrons. The first-order valence-corrected chi connectivity index (χ1v) is 7.03. The molecule has 0 aliphatic carbocycles. The van der Waals surface area contributed by atoms with Crippen molar-refractivity contribution in [2.24, 2.45) is 0 Å². The summed E-state index contributed by atoms with van der Waals surface area (Å²) in [5.74, 6) is -7.62. The van der Waals surface area contributed by atoms with Gasteiger partial charge < -0.3 is 10.0 Å². The van der Waals surface area contributed by atoms with Crippen molar-refractivity contribution in [3.05, 3.63) is 0 Å². The second kappa shape index (κ2) is 9.17. The predicted octanol–water partition coefficient (Wildman–Crippen LogP) is 3.37. The van der Waals surface area contributed by atoms with Gasteiger partial charge >= 0.3 is 18.0 Å². The number of aliphatic hydroxyl groups is 1. The van der Waals surface area contributed by atoms with E-state index >= 15 is 0 Å². The van der Waals surface area contributed by atoms with E-state index in [0.717, 1.165) is 19.3 Å². The van der Waals surface area contributed by atoms with E-state index in [1.54, 1.807) is 0 Å². The summed E-state index contributed by atoms with van der Waals surface area (Å²) in [5, 5.41) is 8.65. The van der Waals surface area contributed by atoms with Crippen LogP contribution in [0.1, 0.15) is 45.4 Å². The Morgan fingerprint density at radius 2 is 1.48 bits per heavy atom. The van der Waals surface area contributed by atoms with Gasteiger partial charge in [0.25, 0.3) is 0 Å². The number of nitrogens with zero attached hydrogens (tertiary/aromatic N) is 1. The summed E-state index contributed by atoms with van der Waals surface area (Å²) in [4.78, 5) is 11.9. The fourth-order valence-corrected chi connectivity index (χ4v) is 1.80. The molecule has 0 fully saturated rings. The molecule has 0 rings (SSSR count). The first-order chi connectivity index (χ1) is 9.68. The molecule has 126 valence electrons. The highest BCUT2D eigenvalue weighted by atomic mass is 19.4. The lowest BCUT2D eigenvalue weighted by Crippen LogP contribution is -2.52. The van der Waals surface area contributed by atoms with Gasteiger partial charge in [-0.05, 0) is 12.8 Å². The van der Waals surface area contributed by atoms with E-state index in [4.69, 9.17) is 5.11 Å². The molecule has 0 atom stereocenters. The molecule has 0 spiro atoms. The van der Waals surface area contributed by atoms with Gasteiger partial charge in [0, 0.05) is 19.7 Å². The smallest absolute Gasteiger partial charge is 0.396 e. The molecule has 3 nitrogen and oxygen atoms in total. The number of unbranched alkanes of at least 4 members (excludes halogenated alkanes) is 4. The van der Waals surface area contributed by atoms with Crippen LogP contribution in [0.5, 0.6) is 0 Å². The maximum atomic E-state index is 13.1. The summed E-state index contributed by atoms with van der Waals surface area (Å²) in [6, 6.07) is 0. The van der Waals surface area contributed by atoms with Crippen LogP contribution < -0.4 is 0 Å². The maximum absolute atomic E-state index is 13.1. The van der Waals surface area contributed by atoms with E-state index in [1.807, 2.05) is 6.92 Å². The Kier molecular flexibility index (Phi) is 8.77. The summed E-state index contributed by atoms with van der Waals surface area (Å²) in [5.41, 5.74) is 0. The second-order valence-corrected chi connectivity index (χ2v) is 4.86. The minimum absolute atomic E-state index is 0.0331. The lowest BCUT2D eigenvalue weighted by Gasteiger charge is -2.28. The fraction of sp³-hybridized carbons (Fsp3) is 0.923. The van der Waals surface area contributed by atoms with Crippen LogP contribution >= 0.6 is 0 Å². The highest BCUT2D eigenvalue weighted by Crippen LogP contribution is 2.37. The third kappa shape index (κ3) is 6.58. The highest BCUT2D eigenvalue weighted by molar-refractivity contribution is 5.84. The highest BCUT2D eigenvalue weighted by Gasteiger charge is 2.64. The summed E-state index contributed by atoms with van der Waals surface area (Å²) >= 11 is 0. The molecule has 0 bridgehead atoms. The van der Waals surface area contributed by atoms with Gasteiger partial charge in [0.1, 0.15) is 0 Å². The molecule has 0 aliphatic heterocycles. The van der Waals surface area contributed by atoms with Crippen molar-refractivity contribution >= 4 is 5.91 Å². The third-order valence-corrected chi connectivity index (χ3v) is 3.03. The summed E-state index contributed by atoms with van der Waals surface area (Å²) in [7, 11) is 0. The minimum Gasteiger partial charge on any atom is -0.396 e. The molecule has 0 aromatic carbocycles. The SMILES string of the molecule is CCCCCCCN(CCCO)C(=O)C(F)(F)C(F)(F)F. The molecule has 8 heteroatoms. The number of carbonyl (C=O) groups excluding carboxylic acids is 1. The number of carbonyl (C=O) groups is 1. The van der Waals surface area contributed by atoms with Crippen molar-refractivity contribution in [1.29, 1.82) is 0 Å². The number of aliphatic hydroxyl groups excluding tert-OH is 1. The lowest BCUT2D eigenvalue weighted by atomic mass is 10.1. The Morgan fingerprint density at radius 3 is 1.95 bits per heavy atom. The van der Waals surface area contributed by atoms with Gasteiger partial charge in [-0.25, -0.2) is 0 Å². The molecule has 1 amide bonds. The van der Waals surface area contributed by atoms with Crippen LogP contribution in [0.3, 0.4) is 0 Å². The van der Waals surface area contributed by atoms with Crippen LogP contribution in [0, 0.1) is 0 Å². The molecule has 0 aromatic rings. The Labute approximate surface area is 121 Å². The number of alkyl halides is 5. The van der Waals surface area contributed by atoms with Crippen LogP contribution in [0.25, 0.3) is 0 Å².